The first-order valence-corrected chi connectivity index (χ1v) is 11.2. The van der Waals surface area contributed by atoms with Crippen molar-refractivity contribution in [2.45, 2.75) is 31.2 Å². The quantitative estimate of drug-likeness (QED) is 0.486. The third-order valence-electron chi connectivity index (χ3n) is 4.53. The van der Waals surface area contributed by atoms with Crippen molar-refractivity contribution in [2.75, 3.05) is 6.54 Å². The largest absolute Gasteiger partial charge is 0.346 e. The molecule has 0 saturated heterocycles. The first-order valence-electron chi connectivity index (χ1n) is 9.36. The van der Waals surface area contributed by atoms with Gasteiger partial charge in [-0.3, -0.25) is 4.79 Å². The van der Waals surface area contributed by atoms with Gasteiger partial charge in [0.1, 0.15) is 11.6 Å². The van der Waals surface area contributed by atoms with Crippen molar-refractivity contribution in [3.63, 3.8) is 0 Å². The summed E-state index contributed by atoms with van der Waals surface area (Å²) in [6, 6.07) is 10.3. The number of carbonyl (C=O) groups excluding carboxylic acids is 1. The summed E-state index contributed by atoms with van der Waals surface area (Å²) in [4.78, 5) is 20.0. The molecule has 0 bridgehead atoms. The van der Waals surface area contributed by atoms with E-state index in [-0.39, 0.29) is 40.8 Å². The summed E-state index contributed by atoms with van der Waals surface area (Å²) in [6.45, 7) is 3.80. The normalized spacial score (nSPS) is 13.0. The molecule has 0 radical (unpaired) electrons. The second-order valence-corrected chi connectivity index (χ2v) is 9.33. The van der Waals surface area contributed by atoms with Gasteiger partial charge in [0.05, 0.1) is 27.0 Å². The van der Waals surface area contributed by atoms with Gasteiger partial charge in [-0.2, -0.15) is 0 Å². The van der Waals surface area contributed by atoms with E-state index in [0.717, 1.165) is 29.2 Å². The van der Waals surface area contributed by atoms with Crippen LogP contribution in [0.15, 0.2) is 47.4 Å². The number of fused-ring (bicyclic) bond motifs is 1. The number of aromatic nitrogens is 2. The zero-order chi connectivity index (χ0) is 21.9. The predicted molar refractivity (Wildman–Crippen MR) is 113 cm³/mol. The Morgan fingerprint density at radius 1 is 1.23 bits per heavy atom. The number of para-hydroxylation sites is 2. The zero-order valence-corrected chi connectivity index (χ0v) is 18.0. The number of hydrogen-bond donors (Lipinski definition) is 3. The van der Waals surface area contributed by atoms with Gasteiger partial charge in [0.25, 0.3) is 0 Å². The minimum Gasteiger partial charge on any atom is -0.346 e. The number of imidazole rings is 1. The second-order valence-electron chi connectivity index (χ2n) is 7.15. The number of aromatic amines is 1. The van der Waals surface area contributed by atoms with Crippen molar-refractivity contribution in [3.8, 4) is 0 Å². The van der Waals surface area contributed by atoms with Crippen molar-refractivity contribution in [3.05, 3.63) is 59.1 Å². The molecule has 2 aromatic carbocycles. The SMILES string of the molecule is CC(C)C(NC(=O)CCNS(=O)(=O)c1ccc(F)c(Cl)c1)c1nc2ccccc2[nH]1. The average molecular weight is 453 g/mol. The Morgan fingerprint density at radius 3 is 2.63 bits per heavy atom. The Morgan fingerprint density at radius 2 is 1.97 bits per heavy atom. The van der Waals surface area contributed by atoms with Crippen molar-refractivity contribution < 1.29 is 17.6 Å². The smallest absolute Gasteiger partial charge is 0.240 e. The van der Waals surface area contributed by atoms with Crippen LogP contribution in [0.1, 0.15) is 32.1 Å². The Kier molecular flexibility index (Phi) is 6.74. The standard InChI is InChI=1S/C20H22ClFN4O3S/c1-12(2)19(20-24-16-5-3-4-6-17(16)25-20)26-18(27)9-10-23-30(28,29)13-7-8-15(22)14(21)11-13/h3-8,11-12,19,23H,9-10H2,1-2H3,(H,24,25)(H,26,27). The lowest BCUT2D eigenvalue weighted by atomic mass is 10.0. The summed E-state index contributed by atoms with van der Waals surface area (Å²) in [6.07, 6.45) is -0.0718. The van der Waals surface area contributed by atoms with E-state index in [1.54, 1.807) is 0 Å². The highest BCUT2D eigenvalue weighted by atomic mass is 35.5. The Labute approximate surface area is 179 Å². The molecule has 7 nitrogen and oxygen atoms in total. The molecule has 0 aliphatic heterocycles. The van der Waals surface area contributed by atoms with Crippen LogP contribution in [0, 0.1) is 11.7 Å². The highest BCUT2D eigenvalue weighted by Crippen LogP contribution is 2.22. The fourth-order valence-corrected chi connectivity index (χ4v) is 4.25. The summed E-state index contributed by atoms with van der Waals surface area (Å²) in [5.41, 5.74) is 1.68. The first-order chi connectivity index (χ1) is 14.2. The number of benzene rings is 2. The van der Waals surface area contributed by atoms with Gasteiger partial charge in [0, 0.05) is 13.0 Å². The molecule has 0 saturated carbocycles. The van der Waals surface area contributed by atoms with Crippen LogP contribution in [0.25, 0.3) is 11.0 Å². The molecule has 3 aromatic rings. The summed E-state index contributed by atoms with van der Waals surface area (Å²) < 4.78 is 40.1. The highest BCUT2D eigenvalue weighted by molar-refractivity contribution is 7.89. The maximum absolute atomic E-state index is 13.2. The van der Waals surface area contributed by atoms with Gasteiger partial charge in [-0.1, -0.05) is 37.6 Å². The van der Waals surface area contributed by atoms with Crippen molar-refractivity contribution >= 4 is 38.6 Å². The maximum Gasteiger partial charge on any atom is 0.240 e. The van der Waals surface area contributed by atoms with Crippen molar-refractivity contribution in [2.24, 2.45) is 5.92 Å². The first kappa shape index (κ1) is 22.2. The number of sulfonamides is 1. The molecule has 1 atom stereocenters. The van der Waals surface area contributed by atoms with Crippen LogP contribution in [0.2, 0.25) is 5.02 Å². The number of nitrogens with one attached hydrogen (secondary N) is 3. The molecule has 0 fully saturated rings. The van der Waals surface area contributed by atoms with Gasteiger partial charge < -0.3 is 10.3 Å². The molecule has 160 valence electrons. The molecule has 1 aromatic heterocycles. The molecule has 1 unspecified atom stereocenters. The van der Waals surface area contributed by atoms with Gasteiger partial charge >= 0.3 is 0 Å². The Bertz CT molecular complexity index is 1130. The molecular formula is C20H22ClFN4O3S. The van der Waals surface area contributed by atoms with E-state index < -0.39 is 15.8 Å². The molecule has 3 rings (SSSR count). The van der Waals surface area contributed by atoms with Crippen LogP contribution >= 0.6 is 11.6 Å². The third kappa shape index (κ3) is 5.16. The van der Waals surface area contributed by atoms with Gasteiger partial charge in [0.15, 0.2) is 0 Å². The highest BCUT2D eigenvalue weighted by Gasteiger charge is 2.22. The third-order valence-corrected chi connectivity index (χ3v) is 6.28. The number of carbonyl (C=O) groups is 1. The predicted octanol–water partition coefficient (Wildman–Crippen LogP) is 3.54. The number of hydrogen-bond acceptors (Lipinski definition) is 4. The lowest BCUT2D eigenvalue weighted by molar-refractivity contribution is -0.122. The van der Waals surface area contributed by atoms with Gasteiger partial charge in [-0.15, -0.1) is 0 Å². The fraction of sp³-hybridized carbons (Fsp3) is 0.300. The van der Waals surface area contributed by atoms with Crippen LogP contribution < -0.4 is 10.0 Å². The monoisotopic (exact) mass is 452 g/mol. The van der Waals surface area contributed by atoms with Crippen LogP contribution in [0.3, 0.4) is 0 Å². The fourth-order valence-electron chi connectivity index (χ4n) is 2.94. The number of rotatable bonds is 8. The maximum atomic E-state index is 13.2. The number of H-pyrrole nitrogens is 1. The minimum absolute atomic E-state index is 0.0626. The second kappa shape index (κ2) is 9.11. The van der Waals surface area contributed by atoms with E-state index in [9.17, 15) is 17.6 Å². The molecule has 3 N–H and O–H groups in total. The van der Waals surface area contributed by atoms with Gasteiger partial charge in [-0.25, -0.2) is 22.5 Å². The number of nitrogens with zero attached hydrogens (tertiary/aromatic N) is 1. The van der Waals surface area contributed by atoms with Crippen LogP contribution in [-0.2, 0) is 14.8 Å². The molecule has 1 heterocycles. The van der Waals surface area contributed by atoms with Crippen molar-refractivity contribution in [1.82, 2.24) is 20.0 Å². The molecule has 0 aliphatic carbocycles. The van der Waals surface area contributed by atoms with Crippen LogP contribution in [0.5, 0.6) is 0 Å². The van der Waals surface area contributed by atoms with E-state index in [0.29, 0.717) is 5.82 Å². The average Bonchev–Trinajstić information content (AvgIpc) is 3.11. The lowest BCUT2D eigenvalue weighted by Crippen LogP contribution is -2.35. The molecule has 1 amide bonds. The summed E-state index contributed by atoms with van der Waals surface area (Å²) in [7, 11) is -3.91. The lowest BCUT2D eigenvalue weighted by Gasteiger charge is -2.20. The van der Waals surface area contributed by atoms with E-state index in [1.807, 2.05) is 38.1 Å². The number of halogens is 2. The van der Waals surface area contributed by atoms with E-state index >= 15 is 0 Å². The topological polar surface area (TPSA) is 104 Å². The zero-order valence-electron chi connectivity index (χ0n) is 16.4. The Balaban J connectivity index is 1.61. The van der Waals surface area contributed by atoms with E-state index in [4.69, 9.17) is 11.6 Å². The van der Waals surface area contributed by atoms with Crippen molar-refractivity contribution in [1.29, 1.82) is 0 Å². The van der Waals surface area contributed by atoms with Gasteiger partial charge in [0.2, 0.25) is 15.9 Å². The molecule has 0 spiro atoms. The number of amides is 1. The van der Waals surface area contributed by atoms with Crippen LogP contribution in [0.4, 0.5) is 4.39 Å². The van der Waals surface area contributed by atoms with E-state index in [1.165, 1.54) is 0 Å². The molecular weight excluding hydrogens is 431 g/mol. The molecule has 10 heteroatoms. The summed E-state index contributed by atoms with van der Waals surface area (Å²) >= 11 is 5.64. The summed E-state index contributed by atoms with van der Waals surface area (Å²) in [5.74, 6) is -0.331. The van der Waals surface area contributed by atoms with Crippen LogP contribution in [-0.4, -0.2) is 30.8 Å². The van der Waals surface area contributed by atoms with E-state index in [2.05, 4.69) is 20.0 Å². The molecule has 0 aliphatic rings. The minimum atomic E-state index is -3.91. The van der Waals surface area contributed by atoms with Gasteiger partial charge in [-0.05, 0) is 36.2 Å². The summed E-state index contributed by atoms with van der Waals surface area (Å²) in [5, 5.41) is 2.61. The molecule has 30 heavy (non-hydrogen) atoms. The Hall–Kier alpha value is -2.49.